The molecule has 10 nitrogen and oxygen atoms in total. The Bertz CT molecular complexity index is 1710. The minimum Gasteiger partial charge on any atom is -0.325 e. The third-order valence-electron chi connectivity index (χ3n) is 5.75. The van der Waals surface area contributed by atoms with Crippen molar-refractivity contribution < 1.29 is 4.79 Å². The van der Waals surface area contributed by atoms with Gasteiger partial charge in [-0.25, -0.2) is 15.0 Å². The highest BCUT2D eigenvalue weighted by Gasteiger charge is 2.18. The minimum absolute atomic E-state index is 0.0412. The molecule has 6 aromatic heterocycles. The quantitative estimate of drug-likeness (QED) is 0.316. The van der Waals surface area contributed by atoms with Gasteiger partial charge in [-0.05, 0) is 42.8 Å². The standard InChI is InChI=1S/C26H21N9O/c1-2-5-21(36)30-16-12-15(13-27-14-16)18-7-8-20-23(31-18)24(35-34-20)26-32-22-17(9-11-29-25(22)33-26)19-6-3-4-10-28-19/h3-4,6-14H,2,5H2,1H3,(H,30,36)(H,34,35)(H,29,32,33). The van der Waals surface area contributed by atoms with Gasteiger partial charge in [-0.15, -0.1) is 0 Å². The van der Waals surface area contributed by atoms with Crippen molar-refractivity contribution in [2.24, 2.45) is 0 Å². The van der Waals surface area contributed by atoms with Gasteiger partial charge in [0.25, 0.3) is 0 Å². The van der Waals surface area contributed by atoms with Crippen molar-refractivity contribution in [3.8, 4) is 34.0 Å². The van der Waals surface area contributed by atoms with Gasteiger partial charge < -0.3 is 10.3 Å². The summed E-state index contributed by atoms with van der Waals surface area (Å²) in [5.41, 5.74) is 7.16. The van der Waals surface area contributed by atoms with Gasteiger partial charge in [-0.3, -0.25) is 19.9 Å². The summed E-state index contributed by atoms with van der Waals surface area (Å²) >= 11 is 0. The fourth-order valence-electron chi connectivity index (χ4n) is 4.08. The zero-order valence-electron chi connectivity index (χ0n) is 19.4. The van der Waals surface area contributed by atoms with Crippen LogP contribution >= 0.6 is 0 Å². The number of aromatic amines is 2. The van der Waals surface area contributed by atoms with Crippen LogP contribution in [0.15, 0.2) is 67.3 Å². The van der Waals surface area contributed by atoms with Crippen LogP contribution in [0.3, 0.4) is 0 Å². The Morgan fingerprint density at radius 1 is 0.972 bits per heavy atom. The SMILES string of the molecule is CCCC(=O)Nc1cncc(-c2ccc3[nH]nc(-c4nc5c(-c6ccccn6)ccnc5[nH]4)c3n2)c1. The van der Waals surface area contributed by atoms with Gasteiger partial charge in [-0.2, -0.15) is 5.10 Å². The summed E-state index contributed by atoms with van der Waals surface area (Å²) in [4.78, 5) is 38.1. The molecule has 0 fully saturated rings. The molecule has 0 bridgehead atoms. The van der Waals surface area contributed by atoms with E-state index < -0.39 is 0 Å². The molecule has 0 unspecified atom stereocenters. The third-order valence-corrected chi connectivity index (χ3v) is 5.75. The lowest BCUT2D eigenvalue weighted by Crippen LogP contribution is -2.10. The van der Waals surface area contributed by atoms with Crippen molar-refractivity contribution in [2.75, 3.05) is 5.32 Å². The number of H-pyrrole nitrogens is 2. The third kappa shape index (κ3) is 3.94. The van der Waals surface area contributed by atoms with E-state index in [4.69, 9.17) is 9.97 Å². The Morgan fingerprint density at radius 2 is 1.92 bits per heavy atom. The molecule has 0 atom stereocenters. The van der Waals surface area contributed by atoms with E-state index in [1.807, 2.05) is 49.4 Å². The molecule has 0 radical (unpaired) electrons. The van der Waals surface area contributed by atoms with Crippen molar-refractivity contribution in [1.29, 1.82) is 0 Å². The van der Waals surface area contributed by atoms with Gasteiger partial charge in [0.1, 0.15) is 11.0 Å². The zero-order valence-corrected chi connectivity index (χ0v) is 19.4. The summed E-state index contributed by atoms with van der Waals surface area (Å²) < 4.78 is 0. The number of nitrogens with zero attached hydrogens (tertiary/aromatic N) is 6. The van der Waals surface area contributed by atoms with E-state index in [0.29, 0.717) is 46.0 Å². The van der Waals surface area contributed by atoms with E-state index in [2.05, 4.69) is 35.5 Å². The molecule has 0 aliphatic rings. The first-order valence-corrected chi connectivity index (χ1v) is 11.6. The van der Waals surface area contributed by atoms with E-state index in [1.165, 1.54) is 0 Å². The minimum atomic E-state index is -0.0412. The van der Waals surface area contributed by atoms with Gasteiger partial charge in [0.15, 0.2) is 17.2 Å². The molecule has 6 rings (SSSR count). The summed E-state index contributed by atoms with van der Waals surface area (Å²) in [7, 11) is 0. The molecule has 1 amide bonds. The summed E-state index contributed by atoms with van der Waals surface area (Å²) in [6, 6.07) is 13.3. The van der Waals surface area contributed by atoms with Crippen molar-refractivity contribution >= 4 is 33.8 Å². The average molecular weight is 476 g/mol. The molecule has 0 saturated heterocycles. The Balaban J connectivity index is 1.40. The van der Waals surface area contributed by atoms with Crippen LogP contribution in [0.25, 0.3) is 56.2 Å². The number of aromatic nitrogens is 8. The molecular weight excluding hydrogens is 454 g/mol. The highest BCUT2D eigenvalue weighted by molar-refractivity contribution is 5.95. The van der Waals surface area contributed by atoms with Gasteiger partial charge >= 0.3 is 0 Å². The molecule has 0 saturated carbocycles. The average Bonchev–Trinajstić information content (AvgIpc) is 3.53. The van der Waals surface area contributed by atoms with Gasteiger partial charge in [0.05, 0.1) is 28.8 Å². The topological polar surface area (TPSA) is 138 Å². The maximum Gasteiger partial charge on any atom is 0.224 e. The van der Waals surface area contributed by atoms with Gasteiger partial charge in [0.2, 0.25) is 5.91 Å². The van der Waals surface area contributed by atoms with Crippen LogP contribution < -0.4 is 5.32 Å². The van der Waals surface area contributed by atoms with Crippen LogP contribution in [0.1, 0.15) is 19.8 Å². The second-order valence-electron chi connectivity index (χ2n) is 8.28. The molecular formula is C26H21N9O. The number of hydrogen-bond acceptors (Lipinski definition) is 7. The van der Waals surface area contributed by atoms with Crippen molar-refractivity contribution in [3.05, 3.63) is 67.3 Å². The first kappa shape index (κ1) is 21.5. The molecule has 10 heteroatoms. The highest BCUT2D eigenvalue weighted by atomic mass is 16.1. The van der Waals surface area contributed by atoms with Crippen LogP contribution in [0.2, 0.25) is 0 Å². The lowest BCUT2D eigenvalue weighted by Gasteiger charge is -2.06. The number of carbonyl (C=O) groups is 1. The lowest BCUT2D eigenvalue weighted by atomic mass is 10.1. The Labute approximate surface area is 205 Å². The van der Waals surface area contributed by atoms with Gasteiger partial charge in [0, 0.05) is 36.1 Å². The molecule has 0 aliphatic carbocycles. The van der Waals surface area contributed by atoms with E-state index in [-0.39, 0.29) is 5.91 Å². The van der Waals surface area contributed by atoms with Crippen LogP contribution in [0.4, 0.5) is 5.69 Å². The second kappa shape index (κ2) is 8.99. The van der Waals surface area contributed by atoms with E-state index >= 15 is 0 Å². The molecule has 6 aromatic rings. The van der Waals surface area contributed by atoms with E-state index in [1.54, 1.807) is 24.8 Å². The summed E-state index contributed by atoms with van der Waals surface area (Å²) in [6.45, 7) is 1.97. The Kier molecular flexibility index (Phi) is 5.38. The number of rotatable bonds is 6. The monoisotopic (exact) mass is 475 g/mol. The molecule has 3 N–H and O–H groups in total. The second-order valence-corrected chi connectivity index (χ2v) is 8.28. The van der Waals surface area contributed by atoms with E-state index in [0.717, 1.165) is 28.8 Å². The van der Waals surface area contributed by atoms with Crippen LogP contribution in [0.5, 0.6) is 0 Å². The number of imidazole rings is 1. The maximum atomic E-state index is 12.0. The molecule has 0 aliphatic heterocycles. The zero-order chi connectivity index (χ0) is 24.5. The number of fused-ring (bicyclic) bond motifs is 2. The lowest BCUT2D eigenvalue weighted by molar-refractivity contribution is -0.116. The van der Waals surface area contributed by atoms with Crippen LogP contribution in [0, 0.1) is 0 Å². The normalized spacial score (nSPS) is 11.2. The first-order chi connectivity index (χ1) is 17.7. The molecule has 6 heterocycles. The maximum absolute atomic E-state index is 12.0. The van der Waals surface area contributed by atoms with Crippen molar-refractivity contribution in [1.82, 2.24) is 40.1 Å². The largest absolute Gasteiger partial charge is 0.325 e. The van der Waals surface area contributed by atoms with Crippen molar-refractivity contribution in [2.45, 2.75) is 19.8 Å². The highest BCUT2D eigenvalue weighted by Crippen LogP contribution is 2.30. The summed E-state index contributed by atoms with van der Waals surface area (Å²) in [5, 5.41) is 10.4. The summed E-state index contributed by atoms with van der Waals surface area (Å²) in [6.07, 6.45) is 8.06. The van der Waals surface area contributed by atoms with Crippen LogP contribution in [-0.2, 0) is 4.79 Å². The molecule has 36 heavy (non-hydrogen) atoms. The van der Waals surface area contributed by atoms with Crippen LogP contribution in [-0.4, -0.2) is 46.0 Å². The predicted molar refractivity (Wildman–Crippen MR) is 137 cm³/mol. The smallest absolute Gasteiger partial charge is 0.224 e. The number of hydrogen-bond donors (Lipinski definition) is 3. The van der Waals surface area contributed by atoms with E-state index in [9.17, 15) is 4.79 Å². The number of pyridine rings is 4. The summed E-state index contributed by atoms with van der Waals surface area (Å²) in [5.74, 6) is 0.510. The fraction of sp³-hybridized carbons (Fsp3) is 0.115. The molecule has 0 aromatic carbocycles. The number of amides is 1. The fourth-order valence-corrected chi connectivity index (χ4v) is 4.08. The van der Waals surface area contributed by atoms with Gasteiger partial charge in [-0.1, -0.05) is 13.0 Å². The Hall–Kier alpha value is -4.99. The Morgan fingerprint density at radius 3 is 2.78 bits per heavy atom. The molecule has 0 spiro atoms. The number of carbonyl (C=O) groups excluding carboxylic acids is 1. The van der Waals surface area contributed by atoms with Crippen molar-refractivity contribution in [3.63, 3.8) is 0 Å². The molecule has 176 valence electrons. The predicted octanol–water partition coefficient (Wildman–Crippen LogP) is 4.76. The number of nitrogens with one attached hydrogen (secondary N) is 3. The number of anilines is 1. The first-order valence-electron chi connectivity index (χ1n) is 11.6.